The van der Waals surface area contributed by atoms with Crippen molar-refractivity contribution in [2.24, 2.45) is 0 Å². The molecule has 1 fully saturated rings. The van der Waals surface area contributed by atoms with Crippen LogP contribution in [0.2, 0.25) is 5.02 Å². The summed E-state index contributed by atoms with van der Waals surface area (Å²) >= 11 is 5.83. The highest BCUT2D eigenvalue weighted by molar-refractivity contribution is 7.89. The van der Waals surface area contributed by atoms with E-state index in [9.17, 15) is 17.6 Å². The number of rotatable bonds is 5. The number of carbonyl (C=O) groups excluding carboxylic acids is 1. The van der Waals surface area contributed by atoms with Crippen molar-refractivity contribution in [2.45, 2.75) is 4.90 Å². The van der Waals surface area contributed by atoms with Gasteiger partial charge in [0.15, 0.2) is 0 Å². The molecule has 1 aliphatic rings. The van der Waals surface area contributed by atoms with Gasteiger partial charge in [0.05, 0.1) is 17.1 Å². The molecule has 0 aliphatic carbocycles. The third kappa shape index (κ3) is 4.58. The Morgan fingerprint density at radius 2 is 1.74 bits per heavy atom. The van der Waals surface area contributed by atoms with E-state index in [1.165, 1.54) is 22.5 Å². The number of benzene rings is 2. The number of nitrogens with one attached hydrogen (secondary N) is 1. The van der Waals surface area contributed by atoms with Crippen LogP contribution in [0.15, 0.2) is 53.4 Å². The third-order valence-electron chi connectivity index (χ3n) is 4.33. The Labute approximate surface area is 162 Å². The first-order valence-corrected chi connectivity index (χ1v) is 10.2. The van der Waals surface area contributed by atoms with Crippen molar-refractivity contribution >= 4 is 33.2 Å². The van der Waals surface area contributed by atoms with E-state index < -0.39 is 15.8 Å². The molecule has 0 bridgehead atoms. The average molecular weight is 412 g/mol. The van der Waals surface area contributed by atoms with Crippen LogP contribution in [0, 0.1) is 5.82 Å². The number of carbonyl (C=O) groups is 1. The summed E-state index contributed by atoms with van der Waals surface area (Å²) in [5.74, 6) is -0.725. The fraction of sp³-hybridized carbons (Fsp3) is 0.278. The van der Waals surface area contributed by atoms with Gasteiger partial charge in [-0.2, -0.15) is 4.31 Å². The number of hydrogen-bond donors (Lipinski definition) is 1. The molecule has 0 aromatic heterocycles. The Morgan fingerprint density at radius 1 is 1.07 bits per heavy atom. The minimum atomic E-state index is -3.56. The summed E-state index contributed by atoms with van der Waals surface area (Å²) in [4.78, 5) is 14.1. The smallest absolute Gasteiger partial charge is 0.243 e. The van der Waals surface area contributed by atoms with Crippen LogP contribution >= 0.6 is 11.6 Å². The van der Waals surface area contributed by atoms with Crippen LogP contribution in [0.5, 0.6) is 0 Å². The molecule has 0 spiro atoms. The van der Waals surface area contributed by atoms with Crippen LogP contribution in [-0.2, 0) is 14.8 Å². The van der Waals surface area contributed by atoms with Crippen LogP contribution in [0.25, 0.3) is 0 Å². The van der Waals surface area contributed by atoms with Gasteiger partial charge in [-0.3, -0.25) is 4.79 Å². The number of nitrogens with zero attached hydrogens (tertiary/aromatic N) is 2. The van der Waals surface area contributed by atoms with Crippen LogP contribution < -0.4 is 5.32 Å². The van der Waals surface area contributed by atoms with Gasteiger partial charge in [-0.05, 0) is 30.3 Å². The molecule has 1 heterocycles. The maximum Gasteiger partial charge on any atom is 0.243 e. The Morgan fingerprint density at radius 3 is 2.41 bits per heavy atom. The van der Waals surface area contributed by atoms with Gasteiger partial charge >= 0.3 is 0 Å². The first-order chi connectivity index (χ1) is 12.9. The van der Waals surface area contributed by atoms with E-state index in [1.54, 1.807) is 35.2 Å². The van der Waals surface area contributed by atoms with Gasteiger partial charge in [0.25, 0.3) is 0 Å². The lowest BCUT2D eigenvalue weighted by Crippen LogP contribution is -2.51. The molecule has 1 amide bonds. The van der Waals surface area contributed by atoms with Crippen molar-refractivity contribution in [3.05, 3.63) is 59.4 Å². The van der Waals surface area contributed by atoms with E-state index in [0.29, 0.717) is 5.02 Å². The molecule has 0 unspecified atom stereocenters. The average Bonchev–Trinajstić information content (AvgIpc) is 2.69. The van der Waals surface area contributed by atoms with Crippen molar-refractivity contribution in [2.75, 3.05) is 38.0 Å². The predicted octanol–water partition coefficient (Wildman–Crippen LogP) is 2.42. The third-order valence-corrected chi connectivity index (χ3v) is 6.48. The lowest BCUT2D eigenvalue weighted by Gasteiger charge is -2.34. The van der Waals surface area contributed by atoms with Gasteiger partial charge in [-0.25, -0.2) is 12.8 Å². The van der Waals surface area contributed by atoms with E-state index >= 15 is 0 Å². The van der Waals surface area contributed by atoms with Crippen molar-refractivity contribution in [3.8, 4) is 0 Å². The molecule has 6 nitrogen and oxygen atoms in total. The van der Waals surface area contributed by atoms with Crippen molar-refractivity contribution in [1.29, 1.82) is 0 Å². The van der Waals surface area contributed by atoms with Gasteiger partial charge in [-0.1, -0.05) is 29.8 Å². The predicted molar refractivity (Wildman–Crippen MR) is 102 cm³/mol. The fourth-order valence-corrected chi connectivity index (χ4v) is 4.45. The molecule has 1 saturated heterocycles. The topological polar surface area (TPSA) is 69.7 Å². The monoisotopic (exact) mass is 411 g/mol. The molecule has 0 radical (unpaired) electrons. The first kappa shape index (κ1) is 19.6. The second-order valence-electron chi connectivity index (χ2n) is 6.08. The van der Waals surface area contributed by atoms with Crippen molar-refractivity contribution in [1.82, 2.24) is 9.21 Å². The molecule has 2 aromatic carbocycles. The van der Waals surface area contributed by atoms with Crippen molar-refractivity contribution in [3.63, 3.8) is 0 Å². The normalized spacial score (nSPS) is 15.6. The number of piperazine rings is 1. The highest BCUT2D eigenvalue weighted by atomic mass is 35.5. The Kier molecular flexibility index (Phi) is 5.98. The quantitative estimate of drug-likeness (QED) is 0.820. The molecule has 27 heavy (non-hydrogen) atoms. The first-order valence-electron chi connectivity index (χ1n) is 8.40. The van der Waals surface area contributed by atoms with Crippen LogP contribution in [0.1, 0.15) is 0 Å². The van der Waals surface area contributed by atoms with Crippen LogP contribution in [0.4, 0.5) is 10.1 Å². The van der Waals surface area contributed by atoms with E-state index in [1.807, 2.05) is 0 Å². The molecule has 3 rings (SSSR count). The Balaban J connectivity index is 1.56. The second kappa shape index (κ2) is 8.24. The maximum absolute atomic E-state index is 13.7. The number of amides is 1. The molecule has 1 N–H and O–H groups in total. The van der Waals surface area contributed by atoms with Gasteiger partial charge in [0.2, 0.25) is 15.9 Å². The Bertz CT molecular complexity index is 917. The second-order valence-corrected chi connectivity index (χ2v) is 8.45. The molecular weight excluding hydrogens is 393 g/mol. The van der Waals surface area contributed by atoms with E-state index in [4.69, 9.17) is 11.6 Å². The zero-order valence-electron chi connectivity index (χ0n) is 14.4. The minimum absolute atomic E-state index is 0.0945. The van der Waals surface area contributed by atoms with E-state index in [-0.39, 0.29) is 49.2 Å². The summed E-state index contributed by atoms with van der Waals surface area (Å²) < 4.78 is 40.3. The summed E-state index contributed by atoms with van der Waals surface area (Å²) in [7, 11) is -3.56. The summed E-state index contributed by atoms with van der Waals surface area (Å²) in [6.45, 7) is 0.904. The highest BCUT2D eigenvalue weighted by Crippen LogP contribution is 2.20. The van der Waals surface area contributed by atoms with Crippen LogP contribution in [-0.4, -0.2) is 56.3 Å². The fourth-order valence-electron chi connectivity index (χ4n) is 2.84. The van der Waals surface area contributed by atoms with Gasteiger partial charge < -0.3 is 10.2 Å². The SMILES string of the molecule is O=C(CNc1cc(Cl)ccc1F)N1CCN(S(=O)(=O)c2ccccc2)CC1. The summed E-state index contributed by atoms with van der Waals surface area (Å²) in [5, 5.41) is 3.10. The molecule has 2 aromatic rings. The Hall–Kier alpha value is -2.16. The largest absolute Gasteiger partial charge is 0.374 e. The molecule has 144 valence electrons. The van der Waals surface area contributed by atoms with Crippen LogP contribution in [0.3, 0.4) is 0 Å². The molecule has 1 aliphatic heterocycles. The summed E-state index contributed by atoms with van der Waals surface area (Å²) in [6, 6.07) is 12.3. The zero-order chi connectivity index (χ0) is 19.4. The summed E-state index contributed by atoms with van der Waals surface area (Å²) in [5.41, 5.74) is 0.154. The maximum atomic E-state index is 13.7. The van der Waals surface area contributed by atoms with Gasteiger partial charge in [0, 0.05) is 31.2 Å². The van der Waals surface area contributed by atoms with Gasteiger partial charge in [-0.15, -0.1) is 0 Å². The number of hydrogen-bond acceptors (Lipinski definition) is 4. The molecule has 0 atom stereocenters. The van der Waals surface area contributed by atoms with Gasteiger partial charge in [0.1, 0.15) is 5.82 Å². The molecule has 0 saturated carbocycles. The number of sulfonamides is 1. The van der Waals surface area contributed by atoms with Crippen molar-refractivity contribution < 1.29 is 17.6 Å². The lowest BCUT2D eigenvalue weighted by molar-refractivity contribution is -0.130. The molecular formula is C18H19ClFN3O3S. The number of anilines is 1. The zero-order valence-corrected chi connectivity index (χ0v) is 16.0. The van der Waals surface area contributed by atoms with E-state index in [0.717, 1.165) is 0 Å². The number of halogens is 2. The molecule has 9 heteroatoms. The lowest BCUT2D eigenvalue weighted by atomic mass is 10.3. The minimum Gasteiger partial charge on any atom is -0.374 e. The highest BCUT2D eigenvalue weighted by Gasteiger charge is 2.29. The van der Waals surface area contributed by atoms with E-state index in [2.05, 4.69) is 5.32 Å². The standard InChI is InChI=1S/C18H19ClFN3O3S/c19-14-6-7-16(20)17(12-14)21-13-18(24)22-8-10-23(11-9-22)27(25,26)15-4-2-1-3-5-15/h1-7,12,21H,8-11,13H2. The summed E-state index contributed by atoms with van der Waals surface area (Å²) in [6.07, 6.45) is 0.